The van der Waals surface area contributed by atoms with E-state index >= 15 is 0 Å². The van der Waals surface area contributed by atoms with Gasteiger partial charge in [-0.25, -0.2) is 0 Å². The molecule has 0 bridgehead atoms. The summed E-state index contributed by atoms with van der Waals surface area (Å²) < 4.78 is 0. The van der Waals surface area contributed by atoms with Gasteiger partial charge in [0.1, 0.15) is 0 Å². The smallest absolute Gasteiger partial charge is 0.0438 e. The molecule has 12 aromatic heterocycles. The van der Waals surface area contributed by atoms with Gasteiger partial charge in [0, 0.05) is 176 Å². The van der Waals surface area contributed by atoms with E-state index in [0.717, 1.165) is 147 Å². The Hall–Kier alpha value is -13.8. The van der Waals surface area contributed by atoms with Gasteiger partial charge in [-0.3, -0.25) is 19.9 Å². The van der Waals surface area contributed by atoms with Crippen LogP contribution in [0.3, 0.4) is 0 Å². The van der Waals surface area contributed by atoms with Crippen LogP contribution < -0.4 is 0 Å². The van der Waals surface area contributed by atoms with E-state index in [9.17, 15) is 0 Å². The molecule has 0 unspecified atom stereocenters. The van der Waals surface area contributed by atoms with Gasteiger partial charge in [0.25, 0.3) is 0 Å². The van der Waals surface area contributed by atoms with Crippen molar-refractivity contribution < 1.29 is 80.4 Å². The molecule has 0 aliphatic heterocycles. The summed E-state index contributed by atoms with van der Waals surface area (Å²) in [4.78, 5) is 54.9. The maximum Gasteiger partial charge on any atom is 0.0438 e. The van der Waals surface area contributed by atoms with Crippen molar-refractivity contribution in [1.82, 2.24) is 59.8 Å². The second kappa shape index (κ2) is 50.5. The summed E-state index contributed by atoms with van der Waals surface area (Å²) in [5, 5.41) is 0. The Morgan fingerprint density at radius 3 is 1.02 bits per heavy atom. The summed E-state index contributed by atoms with van der Waals surface area (Å²) in [5.74, 6) is 0. The van der Waals surface area contributed by atoms with Crippen molar-refractivity contribution in [3.8, 4) is 135 Å². The van der Waals surface area contributed by atoms with Crippen LogP contribution >= 0.6 is 0 Å². The van der Waals surface area contributed by atoms with Gasteiger partial charge in [0.05, 0.1) is 0 Å². The third-order valence-corrected chi connectivity index (χ3v) is 27.7. The fourth-order valence-electron chi connectivity index (χ4n) is 20.7. The van der Waals surface area contributed by atoms with Gasteiger partial charge in [-0.15, -0.1) is 261 Å². The first kappa shape index (κ1) is 105. The predicted octanol–water partition coefficient (Wildman–Crippen LogP) is 28.7. The topological polar surface area (TPSA) is 155 Å². The fourth-order valence-corrected chi connectivity index (χ4v) is 20.7. The first-order valence-corrected chi connectivity index (χ1v) is 50.1. The normalized spacial score (nSPS) is 12.8. The second-order valence-corrected chi connectivity index (χ2v) is 37.0. The van der Waals surface area contributed by atoms with Gasteiger partial charge in [0.15, 0.2) is 0 Å². The van der Waals surface area contributed by atoms with E-state index in [1.165, 1.54) is 223 Å². The van der Waals surface area contributed by atoms with Gasteiger partial charge < -0.3 is 39.9 Å². The number of aryl methyl sites for hydroxylation is 9. The van der Waals surface area contributed by atoms with E-state index in [0.29, 0.717) is 0 Å². The average molecular weight is 2620 g/mol. The van der Waals surface area contributed by atoms with E-state index in [-0.39, 0.29) is 80.4 Å². The molecule has 8 aromatic carbocycles. The zero-order chi connectivity index (χ0) is 96.4. The quantitative estimate of drug-likeness (QED) is 0.133. The number of rotatable bonds is 8. The monoisotopic (exact) mass is 2620 g/mol. The number of benzene rings is 8. The molecule has 16 heteroatoms. The molecule has 8 aliphatic rings. The molecule has 734 valence electrons. The van der Waals surface area contributed by atoms with Crippen molar-refractivity contribution in [2.24, 2.45) is 0 Å². The van der Waals surface area contributed by atoms with Crippen LogP contribution in [0.1, 0.15) is 158 Å². The molecule has 0 N–H and O–H groups in total. The zero-order valence-corrected chi connectivity index (χ0v) is 91.8. The Labute approximate surface area is 917 Å². The predicted molar refractivity (Wildman–Crippen MR) is 573 cm³/mol. The van der Waals surface area contributed by atoms with E-state index in [1.54, 1.807) is 24.8 Å². The van der Waals surface area contributed by atoms with Crippen molar-refractivity contribution in [3.05, 3.63) is 502 Å². The first-order chi connectivity index (χ1) is 70.7. The minimum Gasteiger partial charge on any atom is -0.305 e. The molecule has 20 aromatic rings. The van der Waals surface area contributed by atoms with Gasteiger partial charge in [0.2, 0.25) is 0 Å². The Balaban J connectivity index is 0.000000116. The van der Waals surface area contributed by atoms with E-state index < -0.39 is 0 Å². The van der Waals surface area contributed by atoms with Gasteiger partial charge in [-0.05, 0) is 294 Å². The minimum absolute atomic E-state index is 0. The summed E-state index contributed by atoms with van der Waals surface area (Å²) >= 11 is 0. The van der Waals surface area contributed by atoms with Gasteiger partial charge in [-0.2, -0.15) is 0 Å². The standard InChI is InChI=1S/3C22H19N2.C21H17N2.4C11H8N.4Ir/c1-14-9-11-18-16-6-4-7-17(19(16)13-22(18)23-14)21-12-10-15-5-2-3-8-20(15)24-21;1-14-9-10-19-17-7-4-8-18(20(17)12-22(19)24-14)21-11-15-5-2-3-6-16(15)13-23-21;1-14-9-10-18-17-7-4-8-19(20(17)13-21(18)24-14)22-16-6-3-2-5-15(16)11-12-23-22;1-2-9-21-15(6-1)18-12-17-14(19(18)13-23-21)7-5-8-16(17)20-10-3-4-11-22-20;4*1-2-6-10(7-3-1)11-8-4-5-9-12-11;;;;/h4,6,9-12H,2-3,5,8,13H2,1H3;4,7,9-11,13H,2-3,5-6,12H2,1H3;4,7,9-12H,2-3,5-6,13H2,1H3;3-5,7,10-11,13H,1-2,6,9,12H2;4*1-6,8-9H;;;;/q8*-1;;;;. The Bertz CT molecular complexity index is 7240. The third-order valence-electron chi connectivity index (χ3n) is 27.7. The Kier molecular flexibility index (Phi) is 35.9. The number of fused-ring (bicyclic) bond motifs is 17. The summed E-state index contributed by atoms with van der Waals surface area (Å²) in [6.07, 6.45) is 38.4. The summed E-state index contributed by atoms with van der Waals surface area (Å²) in [6, 6.07) is 126. The van der Waals surface area contributed by atoms with Crippen LogP contribution in [-0.4, -0.2) is 59.8 Å². The molecule has 12 heterocycles. The molecule has 28 rings (SSSR count). The zero-order valence-electron chi connectivity index (χ0n) is 82.3. The number of nitrogens with zero attached hydrogens (tertiary/aromatic N) is 12. The number of hydrogen-bond donors (Lipinski definition) is 0. The minimum atomic E-state index is 0. The Morgan fingerprint density at radius 1 is 0.197 bits per heavy atom. The van der Waals surface area contributed by atoms with E-state index in [1.807, 2.05) is 219 Å². The second-order valence-electron chi connectivity index (χ2n) is 37.0. The summed E-state index contributed by atoms with van der Waals surface area (Å²) in [7, 11) is 0. The van der Waals surface area contributed by atoms with Gasteiger partial charge >= 0.3 is 0 Å². The van der Waals surface area contributed by atoms with Crippen molar-refractivity contribution in [1.29, 1.82) is 0 Å². The molecule has 4 radical (unpaired) electrons. The number of hydrogen-bond acceptors (Lipinski definition) is 12. The molecule has 0 spiro atoms. The first-order valence-electron chi connectivity index (χ1n) is 50.1. The number of pyridine rings is 12. The van der Waals surface area contributed by atoms with Crippen LogP contribution in [0.25, 0.3) is 135 Å². The maximum atomic E-state index is 4.99. The van der Waals surface area contributed by atoms with E-state index in [2.05, 4.69) is 198 Å². The largest absolute Gasteiger partial charge is 0.305 e. The van der Waals surface area contributed by atoms with Crippen LogP contribution in [0.5, 0.6) is 0 Å². The van der Waals surface area contributed by atoms with Crippen LogP contribution in [0, 0.1) is 69.3 Å². The molecule has 0 saturated carbocycles. The van der Waals surface area contributed by atoms with Crippen molar-refractivity contribution in [2.45, 2.75) is 149 Å². The average Bonchev–Trinajstić information content (AvgIpc) is 1.50. The molecular formula is C131H106Ir4N12-8. The molecule has 0 saturated heterocycles. The molecule has 0 atom stereocenters. The third kappa shape index (κ3) is 24.5. The van der Waals surface area contributed by atoms with Crippen molar-refractivity contribution >= 4 is 0 Å². The van der Waals surface area contributed by atoms with Gasteiger partial charge in [-0.1, -0.05) is 136 Å². The SMILES string of the molecule is Cc1ccc2c(n1)Cc1c(-c3cc4c(cn3)CCCC4)[c-]ccc1-2.Cc1ccc2c(n1)Cc1c(-c3ccc4c(n3)CCCC4)[c-]ccc1-2.Cc1ccc2c(n1)Cc1c(-c3nccc4c3CCCC4)[c-]ccc1-2.[Ir].[Ir].[Ir].[Ir].[c-]1ccc2c(c1-c1ccccn1)Cc1c-2cnc2c1CCCC2.[c-]1ccccc1-c1ccccn1.[c-]1ccccc1-c1ccccn1.[c-]1ccccc1-c1ccccn1.[c-]1ccccc1-c1ccccn1. The Morgan fingerprint density at radius 2 is 0.571 bits per heavy atom. The number of aromatic nitrogens is 12. The van der Waals surface area contributed by atoms with Crippen LogP contribution in [0.2, 0.25) is 0 Å². The summed E-state index contributed by atoms with van der Waals surface area (Å²) in [5.41, 5.74) is 52.4. The molecule has 0 fully saturated rings. The fraction of sp³-hybridized carbons (Fsp3) is 0.176. The maximum absolute atomic E-state index is 4.99. The van der Waals surface area contributed by atoms with E-state index in [4.69, 9.17) is 34.9 Å². The van der Waals surface area contributed by atoms with Crippen molar-refractivity contribution in [2.75, 3.05) is 0 Å². The molecule has 147 heavy (non-hydrogen) atoms. The van der Waals surface area contributed by atoms with Crippen LogP contribution in [0.15, 0.2) is 347 Å². The molecule has 12 nitrogen and oxygen atoms in total. The van der Waals surface area contributed by atoms with Crippen LogP contribution in [0.4, 0.5) is 0 Å². The molecule has 8 aliphatic carbocycles. The van der Waals surface area contributed by atoms with Crippen LogP contribution in [-0.2, 0) is 157 Å². The van der Waals surface area contributed by atoms with Crippen molar-refractivity contribution in [3.63, 3.8) is 0 Å². The summed E-state index contributed by atoms with van der Waals surface area (Å²) in [6.45, 7) is 6.17. The molecule has 0 amide bonds. The molecular weight excluding hydrogens is 2510 g/mol.